The normalized spacial score (nSPS) is 22.9. The molecule has 0 radical (unpaired) electrons. The Balaban J connectivity index is 1.58. The number of aliphatic hydroxyl groups excluding tert-OH is 1. The van der Waals surface area contributed by atoms with Crippen molar-refractivity contribution >= 4 is 34.8 Å². The van der Waals surface area contributed by atoms with Crippen LogP contribution in [-0.2, 0) is 11.3 Å². The number of nitrogens with zero attached hydrogens (tertiary/aromatic N) is 5. The van der Waals surface area contributed by atoms with Gasteiger partial charge in [-0.1, -0.05) is 35.3 Å². The minimum Gasteiger partial charge on any atom is -0.388 e. The van der Waals surface area contributed by atoms with E-state index >= 15 is 0 Å². The first kappa shape index (κ1) is 21.9. The van der Waals surface area contributed by atoms with E-state index in [1.54, 1.807) is 6.07 Å². The molecule has 4 heterocycles. The molecule has 0 amide bonds. The summed E-state index contributed by atoms with van der Waals surface area (Å²) in [6, 6.07) is 5.51. The number of benzene rings is 1. The van der Waals surface area contributed by atoms with Crippen molar-refractivity contribution < 1.29 is 9.84 Å². The van der Waals surface area contributed by atoms with E-state index in [4.69, 9.17) is 38.7 Å². The number of nitrogens with two attached hydrogens (primary N) is 1. The van der Waals surface area contributed by atoms with Gasteiger partial charge >= 0.3 is 0 Å². The highest BCUT2D eigenvalue weighted by Crippen LogP contribution is 2.43. The van der Waals surface area contributed by atoms with Gasteiger partial charge in [-0.25, -0.2) is 9.38 Å². The standard InChI is InChI=1S/C22H26Cl2N6O2/c1-12-17(14-4-3-5-15(23)18(14)24)20-28-27-16(10-31)30(20)21(26-12)29-8-6-22(7-9-29)11-32-13(2)19(22)25/h3-5,13,19,31H,6-11,25H2,1-2H3. The van der Waals surface area contributed by atoms with Crippen LogP contribution in [0, 0.1) is 12.3 Å². The van der Waals surface area contributed by atoms with Gasteiger partial charge in [-0.3, -0.25) is 0 Å². The van der Waals surface area contributed by atoms with E-state index in [1.807, 2.05) is 30.4 Å². The number of aromatic nitrogens is 4. The third-order valence-electron chi connectivity index (χ3n) is 7.03. The Hall–Kier alpha value is -1.97. The Morgan fingerprint density at radius 2 is 2.00 bits per heavy atom. The summed E-state index contributed by atoms with van der Waals surface area (Å²) in [5, 5.41) is 19.5. The first-order valence-corrected chi connectivity index (χ1v) is 11.5. The monoisotopic (exact) mass is 476 g/mol. The van der Waals surface area contributed by atoms with Crippen LogP contribution in [0.15, 0.2) is 18.2 Å². The average molecular weight is 477 g/mol. The summed E-state index contributed by atoms with van der Waals surface area (Å²) < 4.78 is 7.68. The Bertz CT molecular complexity index is 1170. The van der Waals surface area contributed by atoms with Crippen LogP contribution in [0.3, 0.4) is 0 Å². The maximum absolute atomic E-state index is 9.96. The summed E-state index contributed by atoms with van der Waals surface area (Å²) in [6.07, 6.45) is 1.91. The first-order chi connectivity index (χ1) is 15.4. The molecule has 3 aromatic rings. The molecular weight excluding hydrogens is 451 g/mol. The maximum Gasteiger partial charge on any atom is 0.213 e. The molecule has 2 saturated heterocycles. The van der Waals surface area contributed by atoms with Gasteiger partial charge in [-0.2, -0.15) is 0 Å². The number of aliphatic hydroxyl groups is 1. The van der Waals surface area contributed by atoms with Crippen molar-refractivity contribution in [3.8, 4) is 11.1 Å². The molecule has 1 aromatic carbocycles. The van der Waals surface area contributed by atoms with Crippen molar-refractivity contribution in [2.45, 2.75) is 45.4 Å². The number of hydrogen-bond acceptors (Lipinski definition) is 7. The molecule has 1 spiro atoms. The molecule has 0 bridgehead atoms. The second-order valence-electron chi connectivity index (χ2n) is 8.80. The SMILES string of the molecule is Cc1nc(N2CCC3(CC2)COC(C)C3N)n2c(CO)nnc2c1-c1cccc(Cl)c1Cl. The molecule has 2 atom stereocenters. The number of piperidine rings is 1. The molecule has 3 N–H and O–H groups in total. The summed E-state index contributed by atoms with van der Waals surface area (Å²) in [5.41, 5.74) is 9.34. The number of anilines is 1. The fourth-order valence-electron chi connectivity index (χ4n) is 5.06. The van der Waals surface area contributed by atoms with E-state index in [1.165, 1.54) is 0 Å². The number of ether oxygens (including phenoxy) is 1. The number of halogens is 2. The fraction of sp³-hybridized carbons (Fsp3) is 0.500. The lowest BCUT2D eigenvalue weighted by Gasteiger charge is -2.41. The van der Waals surface area contributed by atoms with Crippen LogP contribution in [0.25, 0.3) is 16.8 Å². The molecular formula is C22H26Cl2N6O2. The van der Waals surface area contributed by atoms with Crippen molar-refractivity contribution in [2.75, 3.05) is 24.6 Å². The van der Waals surface area contributed by atoms with Crippen molar-refractivity contribution in [1.29, 1.82) is 0 Å². The second-order valence-corrected chi connectivity index (χ2v) is 9.58. The minimum absolute atomic E-state index is 0.00528. The molecule has 170 valence electrons. The van der Waals surface area contributed by atoms with Gasteiger partial charge in [0.2, 0.25) is 5.95 Å². The highest BCUT2D eigenvalue weighted by molar-refractivity contribution is 6.43. The molecule has 2 aromatic heterocycles. The van der Waals surface area contributed by atoms with Crippen LogP contribution in [-0.4, -0.2) is 56.5 Å². The lowest BCUT2D eigenvalue weighted by molar-refractivity contribution is 0.0973. The number of aryl methyl sites for hydroxylation is 1. The molecule has 2 fully saturated rings. The molecule has 2 aliphatic rings. The summed E-state index contributed by atoms with van der Waals surface area (Å²) >= 11 is 12.8. The summed E-state index contributed by atoms with van der Waals surface area (Å²) in [7, 11) is 0. The van der Waals surface area contributed by atoms with Gasteiger partial charge in [0.25, 0.3) is 0 Å². The van der Waals surface area contributed by atoms with E-state index in [0.717, 1.165) is 42.8 Å². The zero-order valence-electron chi connectivity index (χ0n) is 18.1. The highest BCUT2D eigenvalue weighted by Gasteiger charge is 2.48. The molecule has 2 aliphatic heterocycles. The van der Waals surface area contributed by atoms with Crippen molar-refractivity contribution in [3.05, 3.63) is 39.8 Å². The molecule has 8 nitrogen and oxygen atoms in total. The van der Waals surface area contributed by atoms with E-state index in [0.29, 0.717) is 34.1 Å². The second kappa shape index (κ2) is 8.11. The largest absolute Gasteiger partial charge is 0.388 e. The lowest BCUT2D eigenvalue weighted by atomic mass is 9.73. The third-order valence-corrected chi connectivity index (χ3v) is 7.85. The van der Waals surface area contributed by atoms with Gasteiger partial charge in [0.05, 0.1) is 28.5 Å². The number of rotatable bonds is 3. The predicted molar refractivity (Wildman–Crippen MR) is 124 cm³/mol. The van der Waals surface area contributed by atoms with Crippen LogP contribution >= 0.6 is 23.2 Å². The Morgan fingerprint density at radius 1 is 1.25 bits per heavy atom. The third kappa shape index (κ3) is 3.28. The summed E-state index contributed by atoms with van der Waals surface area (Å²) in [4.78, 5) is 7.15. The first-order valence-electron chi connectivity index (χ1n) is 10.8. The minimum atomic E-state index is -0.254. The quantitative estimate of drug-likeness (QED) is 0.597. The van der Waals surface area contributed by atoms with Crippen LogP contribution < -0.4 is 10.6 Å². The smallest absolute Gasteiger partial charge is 0.213 e. The summed E-state index contributed by atoms with van der Waals surface area (Å²) in [5.74, 6) is 1.14. The predicted octanol–water partition coefficient (Wildman–Crippen LogP) is 3.23. The van der Waals surface area contributed by atoms with Crippen LogP contribution in [0.2, 0.25) is 10.0 Å². The van der Waals surface area contributed by atoms with Crippen molar-refractivity contribution in [1.82, 2.24) is 19.6 Å². The van der Waals surface area contributed by atoms with E-state index in [9.17, 15) is 5.11 Å². The van der Waals surface area contributed by atoms with Gasteiger partial charge in [0.1, 0.15) is 6.61 Å². The van der Waals surface area contributed by atoms with Gasteiger partial charge in [-0.15, -0.1) is 10.2 Å². The highest BCUT2D eigenvalue weighted by atomic mass is 35.5. The van der Waals surface area contributed by atoms with Crippen LogP contribution in [0.4, 0.5) is 5.95 Å². The Kier molecular flexibility index (Phi) is 5.54. The Labute approximate surface area is 196 Å². The van der Waals surface area contributed by atoms with Gasteiger partial charge < -0.3 is 20.5 Å². The number of fused-ring (bicyclic) bond motifs is 1. The van der Waals surface area contributed by atoms with Crippen molar-refractivity contribution in [2.24, 2.45) is 11.1 Å². The van der Waals surface area contributed by atoms with Crippen LogP contribution in [0.1, 0.15) is 31.3 Å². The Morgan fingerprint density at radius 3 is 2.66 bits per heavy atom. The van der Waals surface area contributed by atoms with E-state index in [-0.39, 0.29) is 24.2 Å². The molecule has 10 heteroatoms. The van der Waals surface area contributed by atoms with Gasteiger partial charge in [0.15, 0.2) is 11.5 Å². The molecule has 0 aliphatic carbocycles. The summed E-state index contributed by atoms with van der Waals surface area (Å²) in [6.45, 7) is 5.99. The maximum atomic E-state index is 9.96. The average Bonchev–Trinajstić information content (AvgIpc) is 3.33. The molecule has 32 heavy (non-hydrogen) atoms. The zero-order valence-corrected chi connectivity index (χ0v) is 19.6. The fourth-order valence-corrected chi connectivity index (χ4v) is 5.45. The van der Waals surface area contributed by atoms with Gasteiger partial charge in [0, 0.05) is 35.7 Å². The van der Waals surface area contributed by atoms with Gasteiger partial charge in [-0.05, 0) is 32.8 Å². The van der Waals surface area contributed by atoms with Crippen molar-refractivity contribution in [3.63, 3.8) is 0 Å². The van der Waals surface area contributed by atoms with Crippen LogP contribution in [0.5, 0.6) is 0 Å². The number of hydrogen-bond donors (Lipinski definition) is 2. The molecule has 5 rings (SSSR count). The topological polar surface area (TPSA) is 102 Å². The zero-order chi connectivity index (χ0) is 22.6. The molecule has 0 saturated carbocycles. The lowest BCUT2D eigenvalue weighted by Crippen LogP contribution is -2.51. The van der Waals surface area contributed by atoms with E-state index < -0.39 is 0 Å². The molecule has 2 unspecified atom stereocenters. The van der Waals surface area contributed by atoms with E-state index in [2.05, 4.69) is 15.1 Å².